The SMILES string of the molecule is CC(C)(C)Cc1ccc(C2C(=O)CN(c3ccccc3)C2=O)cc1. The average Bonchev–Trinajstić information content (AvgIpc) is 2.83. The van der Waals surface area contributed by atoms with Crippen molar-refractivity contribution in [1.29, 1.82) is 0 Å². The number of carbonyl (C=O) groups is 2. The van der Waals surface area contributed by atoms with Gasteiger partial charge in [0.05, 0.1) is 6.54 Å². The highest BCUT2D eigenvalue weighted by Crippen LogP contribution is 2.30. The van der Waals surface area contributed by atoms with Crippen LogP contribution in [0.2, 0.25) is 0 Å². The molecule has 3 heteroatoms. The van der Waals surface area contributed by atoms with Crippen LogP contribution in [0.1, 0.15) is 37.8 Å². The van der Waals surface area contributed by atoms with Gasteiger partial charge in [-0.05, 0) is 35.1 Å². The maximum Gasteiger partial charge on any atom is 0.242 e. The maximum absolute atomic E-state index is 12.7. The van der Waals surface area contributed by atoms with Crippen molar-refractivity contribution in [3.05, 3.63) is 65.7 Å². The first-order chi connectivity index (χ1) is 11.3. The van der Waals surface area contributed by atoms with E-state index in [-0.39, 0.29) is 23.7 Å². The first kappa shape index (κ1) is 16.4. The van der Waals surface area contributed by atoms with Crippen molar-refractivity contribution in [3.8, 4) is 0 Å². The third-order valence-electron chi connectivity index (χ3n) is 4.26. The van der Waals surface area contributed by atoms with Gasteiger partial charge in [0, 0.05) is 5.69 Å². The lowest BCUT2D eigenvalue weighted by molar-refractivity contribution is -0.123. The third-order valence-corrected chi connectivity index (χ3v) is 4.26. The lowest BCUT2D eigenvalue weighted by atomic mass is 9.87. The minimum Gasteiger partial charge on any atom is -0.304 e. The van der Waals surface area contributed by atoms with E-state index in [4.69, 9.17) is 0 Å². The second-order valence-corrected chi connectivity index (χ2v) is 7.64. The molecular weight excluding hydrogens is 298 g/mol. The van der Waals surface area contributed by atoms with E-state index in [2.05, 4.69) is 20.8 Å². The Hall–Kier alpha value is -2.42. The fourth-order valence-electron chi connectivity index (χ4n) is 3.21. The van der Waals surface area contributed by atoms with E-state index >= 15 is 0 Å². The van der Waals surface area contributed by atoms with Crippen molar-refractivity contribution in [3.63, 3.8) is 0 Å². The molecule has 0 saturated carbocycles. The maximum atomic E-state index is 12.7. The molecule has 1 amide bonds. The van der Waals surface area contributed by atoms with Gasteiger partial charge in [0.15, 0.2) is 5.78 Å². The number of hydrogen-bond acceptors (Lipinski definition) is 2. The van der Waals surface area contributed by atoms with Crippen LogP contribution in [0.4, 0.5) is 5.69 Å². The quantitative estimate of drug-likeness (QED) is 0.802. The second kappa shape index (κ2) is 6.23. The Labute approximate surface area is 143 Å². The second-order valence-electron chi connectivity index (χ2n) is 7.64. The topological polar surface area (TPSA) is 37.4 Å². The molecule has 1 aliphatic heterocycles. The molecule has 0 N–H and O–H groups in total. The van der Waals surface area contributed by atoms with Gasteiger partial charge in [0.25, 0.3) is 0 Å². The van der Waals surface area contributed by atoms with E-state index in [0.717, 1.165) is 17.7 Å². The zero-order valence-corrected chi connectivity index (χ0v) is 14.5. The van der Waals surface area contributed by atoms with Crippen molar-refractivity contribution < 1.29 is 9.59 Å². The molecule has 1 saturated heterocycles. The molecule has 2 aromatic rings. The molecule has 0 aromatic heterocycles. The number of rotatable bonds is 3. The monoisotopic (exact) mass is 321 g/mol. The summed E-state index contributed by atoms with van der Waals surface area (Å²) in [6.07, 6.45) is 0.968. The Morgan fingerprint density at radius 2 is 1.58 bits per heavy atom. The lowest BCUT2D eigenvalue weighted by Crippen LogP contribution is -2.26. The zero-order valence-electron chi connectivity index (χ0n) is 14.5. The summed E-state index contributed by atoms with van der Waals surface area (Å²) in [6, 6.07) is 17.3. The van der Waals surface area contributed by atoms with Gasteiger partial charge in [0.2, 0.25) is 5.91 Å². The highest BCUT2D eigenvalue weighted by Gasteiger charge is 2.40. The summed E-state index contributed by atoms with van der Waals surface area (Å²) in [6.45, 7) is 6.74. The van der Waals surface area contributed by atoms with Crippen LogP contribution in [0.15, 0.2) is 54.6 Å². The van der Waals surface area contributed by atoms with Gasteiger partial charge < -0.3 is 4.90 Å². The Morgan fingerprint density at radius 3 is 2.17 bits per heavy atom. The Bertz CT molecular complexity index is 742. The van der Waals surface area contributed by atoms with E-state index in [0.29, 0.717) is 0 Å². The number of benzene rings is 2. The Balaban J connectivity index is 1.82. The summed E-state index contributed by atoms with van der Waals surface area (Å²) in [4.78, 5) is 26.7. The van der Waals surface area contributed by atoms with Crippen LogP contribution >= 0.6 is 0 Å². The van der Waals surface area contributed by atoms with Crippen LogP contribution in [0.5, 0.6) is 0 Å². The first-order valence-electron chi connectivity index (χ1n) is 8.33. The van der Waals surface area contributed by atoms with E-state index in [1.165, 1.54) is 5.56 Å². The fourth-order valence-corrected chi connectivity index (χ4v) is 3.21. The fraction of sp³-hybridized carbons (Fsp3) is 0.333. The number of ketones is 1. The molecule has 0 bridgehead atoms. The summed E-state index contributed by atoms with van der Waals surface area (Å²) in [5.74, 6) is -0.837. The van der Waals surface area contributed by atoms with Gasteiger partial charge in [-0.3, -0.25) is 9.59 Å². The lowest BCUT2D eigenvalue weighted by Gasteiger charge is -2.19. The summed E-state index contributed by atoms with van der Waals surface area (Å²) in [5, 5.41) is 0. The smallest absolute Gasteiger partial charge is 0.242 e. The summed E-state index contributed by atoms with van der Waals surface area (Å²) < 4.78 is 0. The predicted molar refractivity (Wildman–Crippen MR) is 96.1 cm³/mol. The van der Waals surface area contributed by atoms with E-state index < -0.39 is 5.92 Å². The molecule has 24 heavy (non-hydrogen) atoms. The number of hydrogen-bond donors (Lipinski definition) is 0. The predicted octanol–water partition coefficient (Wildman–Crippen LogP) is 3.97. The van der Waals surface area contributed by atoms with Crippen molar-refractivity contribution in [1.82, 2.24) is 0 Å². The highest BCUT2D eigenvalue weighted by molar-refractivity contribution is 6.21. The van der Waals surface area contributed by atoms with Crippen LogP contribution in [0.25, 0.3) is 0 Å². The average molecular weight is 321 g/mol. The van der Waals surface area contributed by atoms with Crippen LogP contribution in [0, 0.1) is 5.41 Å². The molecule has 1 fully saturated rings. The van der Waals surface area contributed by atoms with Crippen molar-refractivity contribution in [2.45, 2.75) is 33.1 Å². The molecule has 2 aromatic carbocycles. The summed E-state index contributed by atoms with van der Waals surface area (Å²) in [7, 11) is 0. The van der Waals surface area contributed by atoms with Crippen LogP contribution in [-0.4, -0.2) is 18.2 Å². The number of anilines is 1. The van der Waals surface area contributed by atoms with E-state index in [1.807, 2.05) is 54.6 Å². The van der Waals surface area contributed by atoms with Crippen molar-refractivity contribution in [2.75, 3.05) is 11.4 Å². The molecule has 124 valence electrons. The minimum atomic E-state index is -0.672. The van der Waals surface area contributed by atoms with E-state index in [9.17, 15) is 9.59 Å². The highest BCUT2D eigenvalue weighted by atomic mass is 16.2. The van der Waals surface area contributed by atoms with Crippen LogP contribution in [0.3, 0.4) is 0 Å². The molecule has 0 spiro atoms. The Kier molecular flexibility index (Phi) is 4.27. The molecule has 3 nitrogen and oxygen atoms in total. The molecular formula is C21H23NO2. The van der Waals surface area contributed by atoms with E-state index in [1.54, 1.807) is 4.90 Å². The molecule has 1 heterocycles. The van der Waals surface area contributed by atoms with Crippen molar-refractivity contribution in [2.24, 2.45) is 5.41 Å². The molecule has 1 aliphatic rings. The minimum absolute atomic E-state index is 0.0348. The molecule has 1 atom stereocenters. The number of carbonyl (C=O) groups excluding carboxylic acids is 2. The normalized spacial score (nSPS) is 18.3. The molecule has 0 radical (unpaired) electrons. The van der Waals surface area contributed by atoms with Gasteiger partial charge in [-0.25, -0.2) is 0 Å². The number of para-hydroxylation sites is 1. The summed E-state index contributed by atoms with van der Waals surface area (Å²) in [5.41, 5.74) is 3.01. The number of nitrogens with zero attached hydrogens (tertiary/aromatic N) is 1. The standard InChI is InChI=1S/C21H23NO2/c1-21(2,3)13-15-9-11-16(12-10-15)19-18(23)14-22(20(19)24)17-7-5-4-6-8-17/h4-12,19H,13-14H2,1-3H3. The van der Waals surface area contributed by atoms with Gasteiger partial charge >= 0.3 is 0 Å². The largest absolute Gasteiger partial charge is 0.304 e. The molecule has 1 unspecified atom stereocenters. The van der Waals surface area contributed by atoms with Crippen LogP contribution in [-0.2, 0) is 16.0 Å². The molecule has 3 rings (SSSR count). The first-order valence-corrected chi connectivity index (χ1v) is 8.33. The number of amides is 1. The van der Waals surface area contributed by atoms with Crippen molar-refractivity contribution >= 4 is 17.4 Å². The zero-order chi connectivity index (χ0) is 17.3. The van der Waals surface area contributed by atoms with Gasteiger partial charge in [-0.15, -0.1) is 0 Å². The number of Topliss-reactive ketones (excluding diaryl/α,β-unsaturated/α-hetero) is 1. The van der Waals surface area contributed by atoms with Gasteiger partial charge in [0.1, 0.15) is 5.92 Å². The van der Waals surface area contributed by atoms with Gasteiger partial charge in [-0.1, -0.05) is 63.2 Å². The van der Waals surface area contributed by atoms with Gasteiger partial charge in [-0.2, -0.15) is 0 Å². The Morgan fingerprint density at radius 1 is 0.958 bits per heavy atom. The summed E-state index contributed by atoms with van der Waals surface area (Å²) >= 11 is 0. The third kappa shape index (κ3) is 3.40. The van der Waals surface area contributed by atoms with Crippen LogP contribution < -0.4 is 4.90 Å². The molecule has 0 aliphatic carbocycles.